The van der Waals surface area contributed by atoms with Crippen LogP contribution in [0, 0.1) is 0 Å². The van der Waals surface area contributed by atoms with Gasteiger partial charge in [0.1, 0.15) is 0 Å². The molecule has 0 aromatic rings. The number of nitrogens with zero attached hydrogens (tertiary/aromatic N) is 1. The van der Waals surface area contributed by atoms with Crippen LogP contribution in [0.25, 0.3) is 0 Å². The number of hydrogen-bond donors (Lipinski definition) is 1. The predicted molar refractivity (Wildman–Crippen MR) is 69.6 cm³/mol. The summed E-state index contributed by atoms with van der Waals surface area (Å²) in [6, 6.07) is 0. The predicted octanol–water partition coefficient (Wildman–Crippen LogP) is 2.41. The first kappa shape index (κ1) is 15.4. The second-order valence-electron chi connectivity index (χ2n) is 4.46. The molecular formula is C13H28N2O. The maximum atomic E-state index is 11.4. The lowest BCUT2D eigenvalue weighted by Crippen LogP contribution is -2.29. The summed E-state index contributed by atoms with van der Waals surface area (Å²) in [5, 5.41) is 2.96. The fourth-order valence-corrected chi connectivity index (χ4v) is 1.52. The van der Waals surface area contributed by atoms with E-state index in [2.05, 4.69) is 31.1 Å². The molecule has 0 rings (SSSR count). The Morgan fingerprint density at radius 1 is 1.06 bits per heavy atom. The highest BCUT2D eigenvalue weighted by molar-refractivity contribution is 5.75. The average Bonchev–Trinajstić information content (AvgIpc) is 2.29. The van der Waals surface area contributed by atoms with Gasteiger partial charge in [-0.3, -0.25) is 4.79 Å². The number of carbonyl (C=O) groups is 1. The maximum absolute atomic E-state index is 11.4. The van der Waals surface area contributed by atoms with E-state index >= 15 is 0 Å². The van der Waals surface area contributed by atoms with Gasteiger partial charge in [-0.2, -0.15) is 0 Å². The first-order valence-electron chi connectivity index (χ1n) is 6.66. The van der Waals surface area contributed by atoms with Gasteiger partial charge in [0.2, 0.25) is 5.91 Å². The highest BCUT2D eigenvalue weighted by Crippen LogP contribution is 1.94. The van der Waals surface area contributed by atoms with Gasteiger partial charge in [0.25, 0.3) is 0 Å². The Balaban J connectivity index is 3.35. The Kier molecular flexibility index (Phi) is 10.5. The molecule has 3 nitrogen and oxygen atoms in total. The molecule has 0 unspecified atom stereocenters. The minimum absolute atomic E-state index is 0.194. The van der Waals surface area contributed by atoms with Crippen molar-refractivity contribution in [2.75, 3.05) is 26.7 Å². The summed E-state index contributed by atoms with van der Waals surface area (Å²) in [6.07, 6.45) is 6.58. The fraction of sp³-hybridized carbons (Fsp3) is 0.923. The van der Waals surface area contributed by atoms with Crippen LogP contribution in [0.3, 0.4) is 0 Å². The highest BCUT2D eigenvalue weighted by atomic mass is 16.1. The van der Waals surface area contributed by atoms with Gasteiger partial charge in [-0.25, -0.2) is 0 Å². The average molecular weight is 228 g/mol. The molecule has 0 fully saturated rings. The number of nitrogens with one attached hydrogen (secondary N) is 1. The van der Waals surface area contributed by atoms with Crippen molar-refractivity contribution in [3.05, 3.63) is 0 Å². The first-order chi connectivity index (χ1) is 7.70. The SMILES string of the molecule is CCCCCNC(=O)CCN(C)CCCC. The van der Waals surface area contributed by atoms with Gasteiger partial charge in [0.05, 0.1) is 0 Å². The highest BCUT2D eigenvalue weighted by Gasteiger charge is 2.03. The Hall–Kier alpha value is -0.570. The molecule has 0 spiro atoms. The number of unbranched alkanes of at least 4 members (excludes halogenated alkanes) is 3. The normalized spacial score (nSPS) is 10.8. The molecule has 0 saturated carbocycles. The molecule has 0 aliphatic heterocycles. The number of hydrogen-bond acceptors (Lipinski definition) is 2. The van der Waals surface area contributed by atoms with Crippen LogP contribution in [0.4, 0.5) is 0 Å². The van der Waals surface area contributed by atoms with Crippen LogP contribution in [-0.2, 0) is 4.79 Å². The van der Waals surface area contributed by atoms with Crippen molar-refractivity contribution in [3.63, 3.8) is 0 Å². The van der Waals surface area contributed by atoms with Crippen molar-refractivity contribution in [1.82, 2.24) is 10.2 Å². The van der Waals surface area contributed by atoms with E-state index in [1.807, 2.05) is 0 Å². The van der Waals surface area contributed by atoms with Crippen LogP contribution in [0.15, 0.2) is 0 Å². The van der Waals surface area contributed by atoms with E-state index in [0.717, 1.165) is 26.1 Å². The zero-order valence-corrected chi connectivity index (χ0v) is 11.2. The summed E-state index contributed by atoms with van der Waals surface area (Å²) >= 11 is 0. The van der Waals surface area contributed by atoms with Crippen LogP contribution >= 0.6 is 0 Å². The summed E-state index contributed by atoms with van der Waals surface area (Å²) in [6.45, 7) is 7.17. The zero-order chi connectivity index (χ0) is 12.2. The number of carbonyl (C=O) groups excluding carboxylic acids is 1. The summed E-state index contributed by atoms with van der Waals surface area (Å²) in [4.78, 5) is 13.7. The molecule has 1 N–H and O–H groups in total. The minimum Gasteiger partial charge on any atom is -0.356 e. The van der Waals surface area contributed by atoms with Crippen molar-refractivity contribution in [3.8, 4) is 0 Å². The van der Waals surface area contributed by atoms with E-state index in [-0.39, 0.29) is 5.91 Å². The van der Waals surface area contributed by atoms with Gasteiger partial charge < -0.3 is 10.2 Å². The smallest absolute Gasteiger partial charge is 0.221 e. The summed E-state index contributed by atoms with van der Waals surface area (Å²) in [5.41, 5.74) is 0. The quantitative estimate of drug-likeness (QED) is 0.582. The second-order valence-corrected chi connectivity index (χ2v) is 4.46. The van der Waals surface area contributed by atoms with Gasteiger partial charge in [-0.1, -0.05) is 33.1 Å². The minimum atomic E-state index is 0.194. The summed E-state index contributed by atoms with van der Waals surface area (Å²) < 4.78 is 0. The van der Waals surface area contributed by atoms with E-state index in [1.54, 1.807) is 0 Å². The largest absolute Gasteiger partial charge is 0.356 e. The van der Waals surface area contributed by atoms with E-state index in [0.29, 0.717) is 6.42 Å². The lowest BCUT2D eigenvalue weighted by atomic mass is 10.2. The Labute approximate surface area is 101 Å². The molecule has 0 aromatic heterocycles. The van der Waals surface area contributed by atoms with E-state index in [9.17, 15) is 4.79 Å². The summed E-state index contributed by atoms with van der Waals surface area (Å²) in [7, 11) is 2.08. The molecular weight excluding hydrogens is 200 g/mol. The van der Waals surface area contributed by atoms with Crippen LogP contribution in [-0.4, -0.2) is 37.5 Å². The molecule has 0 atom stereocenters. The van der Waals surface area contributed by atoms with Crippen LogP contribution in [0.2, 0.25) is 0 Å². The van der Waals surface area contributed by atoms with Crippen molar-refractivity contribution in [2.24, 2.45) is 0 Å². The Bertz CT molecular complexity index is 171. The number of amides is 1. The van der Waals surface area contributed by atoms with E-state index in [1.165, 1.54) is 25.7 Å². The van der Waals surface area contributed by atoms with Gasteiger partial charge in [0.15, 0.2) is 0 Å². The zero-order valence-electron chi connectivity index (χ0n) is 11.2. The molecule has 0 saturated heterocycles. The van der Waals surface area contributed by atoms with Crippen molar-refractivity contribution >= 4 is 5.91 Å². The summed E-state index contributed by atoms with van der Waals surface area (Å²) in [5.74, 6) is 0.194. The number of rotatable bonds is 10. The standard InChI is InChI=1S/C13H28N2O/c1-4-6-8-10-14-13(16)9-12-15(3)11-7-5-2/h4-12H2,1-3H3,(H,14,16). The Morgan fingerprint density at radius 3 is 2.38 bits per heavy atom. The molecule has 0 bridgehead atoms. The third-order valence-electron chi connectivity index (χ3n) is 2.72. The van der Waals surface area contributed by atoms with Crippen molar-refractivity contribution < 1.29 is 4.79 Å². The van der Waals surface area contributed by atoms with Gasteiger partial charge in [0, 0.05) is 19.5 Å². The molecule has 16 heavy (non-hydrogen) atoms. The molecule has 0 aromatic carbocycles. The molecule has 1 amide bonds. The van der Waals surface area contributed by atoms with Crippen LogP contribution in [0.5, 0.6) is 0 Å². The fourth-order valence-electron chi connectivity index (χ4n) is 1.52. The van der Waals surface area contributed by atoms with E-state index in [4.69, 9.17) is 0 Å². The lowest BCUT2D eigenvalue weighted by molar-refractivity contribution is -0.121. The Morgan fingerprint density at radius 2 is 1.75 bits per heavy atom. The third-order valence-corrected chi connectivity index (χ3v) is 2.72. The van der Waals surface area contributed by atoms with Crippen LogP contribution < -0.4 is 5.32 Å². The third kappa shape index (κ3) is 9.97. The monoisotopic (exact) mass is 228 g/mol. The first-order valence-corrected chi connectivity index (χ1v) is 6.66. The van der Waals surface area contributed by atoms with Crippen LogP contribution in [0.1, 0.15) is 52.4 Å². The molecule has 0 radical (unpaired) electrons. The second kappa shape index (κ2) is 10.9. The lowest BCUT2D eigenvalue weighted by Gasteiger charge is -2.15. The van der Waals surface area contributed by atoms with Gasteiger partial charge in [-0.05, 0) is 26.4 Å². The molecule has 3 heteroatoms. The maximum Gasteiger partial charge on any atom is 0.221 e. The van der Waals surface area contributed by atoms with Crippen molar-refractivity contribution in [2.45, 2.75) is 52.4 Å². The molecule has 0 aliphatic carbocycles. The molecule has 0 heterocycles. The van der Waals surface area contributed by atoms with Gasteiger partial charge in [-0.15, -0.1) is 0 Å². The van der Waals surface area contributed by atoms with E-state index < -0.39 is 0 Å². The topological polar surface area (TPSA) is 32.3 Å². The van der Waals surface area contributed by atoms with Crippen molar-refractivity contribution in [1.29, 1.82) is 0 Å². The van der Waals surface area contributed by atoms with Gasteiger partial charge >= 0.3 is 0 Å². The molecule has 96 valence electrons. The molecule has 0 aliphatic rings.